The van der Waals surface area contributed by atoms with Gasteiger partial charge >= 0.3 is 5.97 Å². The largest absolute Gasteiger partial charge is 0.493 e. The number of benzene rings is 1. The molecular formula is C13H16O4. The summed E-state index contributed by atoms with van der Waals surface area (Å²) in [7, 11) is 0. The number of ether oxygens (including phenoxy) is 1. The molecule has 1 saturated carbocycles. The van der Waals surface area contributed by atoms with Crippen LogP contribution in [0.4, 0.5) is 0 Å². The van der Waals surface area contributed by atoms with Crippen LogP contribution in [-0.2, 0) is 11.4 Å². The van der Waals surface area contributed by atoms with Gasteiger partial charge in [-0.25, -0.2) is 0 Å². The lowest BCUT2D eigenvalue weighted by molar-refractivity contribution is -0.138. The summed E-state index contributed by atoms with van der Waals surface area (Å²) in [5, 5.41) is 17.9. The van der Waals surface area contributed by atoms with Gasteiger partial charge in [0.15, 0.2) is 0 Å². The minimum atomic E-state index is -0.776. The number of rotatable bonds is 6. The smallest absolute Gasteiger partial charge is 0.304 e. The molecule has 0 amide bonds. The van der Waals surface area contributed by atoms with Crippen LogP contribution < -0.4 is 4.74 Å². The van der Waals surface area contributed by atoms with Gasteiger partial charge in [0.05, 0.1) is 19.6 Å². The van der Waals surface area contributed by atoms with Crippen LogP contribution in [0.25, 0.3) is 0 Å². The molecule has 0 heterocycles. The van der Waals surface area contributed by atoms with Crippen LogP contribution in [0, 0.1) is 5.41 Å². The molecule has 0 saturated heterocycles. The van der Waals surface area contributed by atoms with Gasteiger partial charge in [0.1, 0.15) is 5.75 Å². The fourth-order valence-electron chi connectivity index (χ4n) is 1.88. The summed E-state index contributed by atoms with van der Waals surface area (Å²) < 4.78 is 5.63. The van der Waals surface area contributed by atoms with E-state index in [1.165, 1.54) is 0 Å². The molecule has 2 N–H and O–H groups in total. The Labute approximate surface area is 99.8 Å². The lowest BCUT2D eigenvalue weighted by Gasteiger charge is -2.15. The van der Waals surface area contributed by atoms with Crippen molar-refractivity contribution in [2.45, 2.75) is 25.9 Å². The van der Waals surface area contributed by atoms with Gasteiger partial charge in [0, 0.05) is 11.0 Å². The number of para-hydroxylation sites is 1. The molecule has 0 aromatic heterocycles. The van der Waals surface area contributed by atoms with Crippen molar-refractivity contribution in [3.05, 3.63) is 29.8 Å². The normalized spacial score (nSPS) is 16.5. The molecule has 4 heteroatoms. The first kappa shape index (κ1) is 11.9. The first-order chi connectivity index (χ1) is 8.15. The van der Waals surface area contributed by atoms with Gasteiger partial charge in [-0.15, -0.1) is 0 Å². The second-order valence-corrected chi connectivity index (χ2v) is 4.63. The number of carboxylic acid groups (broad SMARTS) is 1. The van der Waals surface area contributed by atoms with Crippen LogP contribution >= 0.6 is 0 Å². The van der Waals surface area contributed by atoms with E-state index in [4.69, 9.17) is 14.9 Å². The van der Waals surface area contributed by atoms with E-state index in [0.717, 1.165) is 18.4 Å². The fourth-order valence-corrected chi connectivity index (χ4v) is 1.88. The maximum absolute atomic E-state index is 10.7. The van der Waals surface area contributed by atoms with Gasteiger partial charge in [0.2, 0.25) is 0 Å². The van der Waals surface area contributed by atoms with Crippen molar-refractivity contribution in [2.24, 2.45) is 5.41 Å². The Kier molecular flexibility index (Phi) is 3.33. The number of aliphatic hydroxyl groups is 1. The third kappa shape index (κ3) is 2.97. The van der Waals surface area contributed by atoms with Gasteiger partial charge in [-0.05, 0) is 18.9 Å². The topological polar surface area (TPSA) is 66.8 Å². The van der Waals surface area contributed by atoms with Gasteiger partial charge < -0.3 is 14.9 Å². The Balaban J connectivity index is 1.96. The number of aliphatic carboxylic acids is 1. The summed E-state index contributed by atoms with van der Waals surface area (Å²) in [6.45, 7) is 0.346. The quantitative estimate of drug-likeness (QED) is 0.790. The molecular weight excluding hydrogens is 220 g/mol. The van der Waals surface area contributed by atoms with Crippen LogP contribution in [-0.4, -0.2) is 22.8 Å². The Morgan fingerprint density at radius 3 is 2.65 bits per heavy atom. The monoisotopic (exact) mass is 236 g/mol. The number of carboxylic acids is 1. The minimum absolute atomic E-state index is 0.0674. The molecule has 1 aliphatic carbocycles. The molecule has 0 atom stereocenters. The summed E-state index contributed by atoms with van der Waals surface area (Å²) in [6.07, 6.45) is 1.97. The zero-order valence-electron chi connectivity index (χ0n) is 9.56. The number of carbonyl (C=O) groups is 1. The van der Waals surface area contributed by atoms with Crippen LogP contribution in [0.3, 0.4) is 0 Å². The van der Waals surface area contributed by atoms with E-state index >= 15 is 0 Å². The highest BCUT2D eigenvalue weighted by molar-refractivity contribution is 5.68. The second-order valence-electron chi connectivity index (χ2n) is 4.63. The van der Waals surface area contributed by atoms with Crippen LogP contribution in [0.1, 0.15) is 24.8 Å². The van der Waals surface area contributed by atoms with E-state index < -0.39 is 5.97 Å². The second kappa shape index (κ2) is 4.75. The molecule has 92 valence electrons. The Hall–Kier alpha value is -1.55. The van der Waals surface area contributed by atoms with Gasteiger partial charge in [0.25, 0.3) is 0 Å². The molecule has 17 heavy (non-hydrogen) atoms. The predicted octanol–water partition coefficient (Wildman–Crippen LogP) is 1.81. The fraction of sp³-hybridized carbons (Fsp3) is 0.462. The average molecular weight is 236 g/mol. The van der Waals surface area contributed by atoms with Crippen molar-refractivity contribution in [2.75, 3.05) is 6.61 Å². The van der Waals surface area contributed by atoms with E-state index in [9.17, 15) is 4.79 Å². The first-order valence-corrected chi connectivity index (χ1v) is 5.69. The summed E-state index contributed by atoms with van der Waals surface area (Å²) in [5.41, 5.74) is 0.549. The summed E-state index contributed by atoms with van der Waals surface area (Å²) in [4.78, 5) is 10.7. The van der Waals surface area contributed by atoms with Gasteiger partial charge in [-0.3, -0.25) is 4.79 Å². The first-order valence-electron chi connectivity index (χ1n) is 5.69. The zero-order valence-corrected chi connectivity index (χ0v) is 9.56. The van der Waals surface area contributed by atoms with Crippen LogP contribution in [0.15, 0.2) is 24.3 Å². The van der Waals surface area contributed by atoms with E-state index in [0.29, 0.717) is 12.4 Å². The molecule has 0 spiro atoms. The molecule has 0 aliphatic heterocycles. The van der Waals surface area contributed by atoms with Crippen molar-refractivity contribution >= 4 is 5.97 Å². The van der Waals surface area contributed by atoms with Crippen LogP contribution in [0.5, 0.6) is 5.75 Å². The molecule has 2 rings (SSSR count). The summed E-state index contributed by atoms with van der Waals surface area (Å²) >= 11 is 0. The maximum Gasteiger partial charge on any atom is 0.304 e. The van der Waals surface area contributed by atoms with E-state index in [1.54, 1.807) is 12.1 Å². The molecule has 4 nitrogen and oxygen atoms in total. The lowest BCUT2D eigenvalue weighted by atomic mass is 10.0. The Morgan fingerprint density at radius 1 is 1.35 bits per heavy atom. The third-order valence-electron chi connectivity index (χ3n) is 3.16. The van der Waals surface area contributed by atoms with E-state index in [2.05, 4.69) is 0 Å². The predicted molar refractivity (Wildman–Crippen MR) is 61.8 cm³/mol. The summed E-state index contributed by atoms with van der Waals surface area (Å²) in [5.74, 6) is -0.131. The van der Waals surface area contributed by atoms with Gasteiger partial charge in [-0.1, -0.05) is 18.2 Å². The molecule has 1 aromatic rings. The molecule has 1 aromatic carbocycles. The highest BCUT2D eigenvalue weighted by atomic mass is 16.5. The van der Waals surface area contributed by atoms with Crippen LogP contribution in [0.2, 0.25) is 0 Å². The summed E-state index contributed by atoms with van der Waals surface area (Å²) in [6, 6.07) is 7.27. The molecule has 0 radical (unpaired) electrons. The van der Waals surface area contributed by atoms with Crippen molar-refractivity contribution in [1.82, 2.24) is 0 Å². The number of aliphatic hydroxyl groups excluding tert-OH is 1. The van der Waals surface area contributed by atoms with E-state index in [-0.39, 0.29) is 18.4 Å². The number of hydrogen-bond acceptors (Lipinski definition) is 3. The van der Waals surface area contributed by atoms with Gasteiger partial charge in [-0.2, -0.15) is 0 Å². The molecule has 0 unspecified atom stereocenters. The van der Waals surface area contributed by atoms with Crippen molar-refractivity contribution in [1.29, 1.82) is 0 Å². The molecule has 1 aliphatic rings. The lowest BCUT2D eigenvalue weighted by Crippen LogP contribution is -2.17. The molecule has 0 bridgehead atoms. The zero-order chi connectivity index (χ0) is 12.3. The van der Waals surface area contributed by atoms with Crippen molar-refractivity contribution in [3.8, 4) is 5.75 Å². The van der Waals surface area contributed by atoms with Crippen molar-refractivity contribution in [3.63, 3.8) is 0 Å². The molecule has 1 fully saturated rings. The average Bonchev–Trinajstić information content (AvgIpc) is 3.06. The highest BCUT2D eigenvalue weighted by Crippen LogP contribution is 2.49. The minimum Gasteiger partial charge on any atom is -0.493 e. The van der Waals surface area contributed by atoms with E-state index in [1.807, 2.05) is 12.1 Å². The van der Waals surface area contributed by atoms with Crippen molar-refractivity contribution < 1.29 is 19.7 Å². The standard InChI is InChI=1S/C13H16O4/c14-8-10-3-1-2-4-11(10)17-9-13(5-6-13)7-12(15)16/h1-4,14H,5-9H2,(H,15,16). The Morgan fingerprint density at radius 2 is 2.06 bits per heavy atom. The SMILES string of the molecule is O=C(O)CC1(COc2ccccc2CO)CC1. The third-order valence-corrected chi connectivity index (χ3v) is 3.16. The highest BCUT2D eigenvalue weighted by Gasteiger charge is 2.45. The number of hydrogen-bond donors (Lipinski definition) is 2. The Bertz CT molecular complexity index is 410. The maximum atomic E-state index is 10.7.